The van der Waals surface area contributed by atoms with Crippen molar-refractivity contribution in [1.82, 2.24) is 0 Å². The molecular weight excluding hydrogens is 364 g/mol. The van der Waals surface area contributed by atoms with E-state index in [1.54, 1.807) is 0 Å². The van der Waals surface area contributed by atoms with E-state index in [1.165, 1.54) is 57.8 Å². The fourth-order valence-electron chi connectivity index (χ4n) is 7.63. The fourth-order valence-corrected chi connectivity index (χ4v) is 7.63. The van der Waals surface area contributed by atoms with Crippen LogP contribution in [0.3, 0.4) is 0 Å². The molecule has 4 bridgehead atoms. The number of carbonyl (C=O) groups is 1. The average molecular weight is 405 g/mol. The molecule has 1 heterocycles. The second-order valence-corrected chi connectivity index (χ2v) is 11.4. The lowest BCUT2D eigenvalue weighted by Gasteiger charge is -2.43. The summed E-state index contributed by atoms with van der Waals surface area (Å²) in [6.45, 7) is 4.19. The third-order valence-corrected chi connectivity index (χ3v) is 8.71. The van der Waals surface area contributed by atoms with E-state index < -0.39 is 0 Å². The van der Waals surface area contributed by atoms with Gasteiger partial charge in [-0.3, -0.25) is 4.79 Å². The van der Waals surface area contributed by atoms with Crippen molar-refractivity contribution in [3.63, 3.8) is 0 Å². The van der Waals surface area contributed by atoms with Gasteiger partial charge in [0.25, 0.3) is 0 Å². The SMILES string of the molecule is CC1CC2CC(C1)CC(C(=O)OCC1COC(C3CC4CCCC(C4)C3)OC1)C2. The van der Waals surface area contributed by atoms with E-state index in [0.717, 1.165) is 42.4 Å². The van der Waals surface area contributed by atoms with Crippen molar-refractivity contribution in [2.24, 2.45) is 47.3 Å². The van der Waals surface area contributed by atoms with Crippen molar-refractivity contribution in [3.05, 3.63) is 0 Å². The number of ether oxygens (including phenoxy) is 3. The molecule has 164 valence electrons. The van der Waals surface area contributed by atoms with Gasteiger partial charge in [-0.2, -0.15) is 0 Å². The van der Waals surface area contributed by atoms with Crippen molar-refractivity contribution >= 4 is 5.97 Å². The predicted octanol–water partition coefficient (Wildman–Crippen LogP) is 5.20. The Morgan fingerprint density at radius 1 is 0.828 bits per heavy atom. The Bertz CT molecular complexity index is 539. The van der Waals surface area contributed by atoms with Gasteiger partial charge in [0.2, 0.25) is 0 Å². The molecule has 0 amide bonds. The monoisotopic (exact) mass is 404 g/mol. The van der Waals surface area contributed by atoms with Crippen molar-refractivity contribution < 1.29 is 19.0 Å². The maximum absolute atomic E-state index is 12.7. The Morgan fingerprint density at radius 2 is 1.45 bits per heavy atom. The van der Waals surface area contributed by atoms with Crippen LogP contribution in [-0.4, -0.2) is 32.1 Å². The smallest absolute Gasteiger partial charge is 0.308 e. The molecule has 5 fully saturated rings. The molecule has 5 aliphatic rings. The molecule has 0 N–H and O–H groups in total. The average Bonchev–Trinajstić information content (AvgIpc) is 2.71. The van der Waals surface area contributed by atoms with Crippen LogP contribution >= 0.6 is 0 Å². The van der Waals surface area contributed by atoms with Crippen LogP contribution in [0, 0.1) is 47.3 Å². The van der Waals surface area contributed by atoms with Crippen LogP contribution in [-0.2, 0) is 19.0 Å². The summed E-state index contributed by atoms with van der Waals surface area (Å²) < 4.78 is 18.0. The molecule has 1 aliphatic heterocycles. The Labute approximate surface area is 176 Å². The third kappa shape index (κ3) is 4.84. The molecule has 0 aromatic heterocycles. The minimum atomic E-state index is -0.0231. The summed E-state index contributed by atoms with van der Waals surface area (Å²) in [6, 6.07) is 0. The van der Waals surface area contributed by atoms with E-state index in [0.29, 0.717) is 25.7 Å². The number of esters is 1. The topological polar surface area (TPSA) is 44.8 Å². The Kier molecular flexibility index (Phi) is 6.21. The van der Waals surface area contributed by atoms with Gasteiger partial charge < -0.3 is 14.2 Å². The minimum absolute atomic E-state index is 0.0231. The van der Waals surface area contributed by atoms with E-state index in [1.807, 2.05) is 0 Å². The first-order valence-corrected chi connectivity index (χ1v) is 12.5. The lowest BCUT2D eigenvalue weighted by Crippen LogP contribution is -2.42. The second-order valence-electron chi connectivity index (χ2n) is 11.4. The molecule has 0 aromatic rings. The van der Waals surface area contributed by atoms with E-state index in [4.69, 9.17) is 14.2 Å². The van der Waals surface area contributed by atoms with Crippen molar-refractivity contribution in [3.8, 4) is 0 Å². The molecule has 0 aromatic carbocycles. The number of hydrogen-bond acceptors (Lipinski definition) is 4. The first kappa shape index (κ1) is 20.3. The summed E-state index contributed by atoms with van der Waals surface area (Å²) in [6.07, 6.45) is 14.2. The lowest BCUT2D eigenvalue weighted by atomic mass is 9.65. The zero-order chi connectivity index (χ0) is 19.8. The minimum Gasteiger partial charge on any atom is -0.465 e. The standard InChI is InChI=1S/C25H40O4/c1-16-5-19-8-20(6-16)12-22(11-19)24(26)27-13-21-14-28-25(29-15-21)23-9-17-3-2-4-18(7-17)10-23/h16-23,25H,2-15H2,1H3. The highest BCUT2D eigenvalue weighted by molar-refractivity contribution is 5.72. The van der Waals surface area contributed by atoms with Crippen LogP contribution in [0.25, 0.3) is 0 Å². The molecule has 4 atom stereocenters. The highest BCUT2D eigenvalue weighted by atomic mass is 16.7. The summed E-state index contributed by atoms with van der Waals surface area (Å²) in [5.41, 5.74) is 0. The van der Waals surface area contributed by atoms with Gasteiger partial charge >= 0.3 is 5.97 Å². The largest absolute Gasteiger partial charge is 0.465 e. The second kappa shape index (κ2) is 8.86. The molecule has 0 radical (unpaired) electrons. The van der Waals surface area contributed by atoms with Crippen LogP contribution in [0.15, 0.2) is 0 Å². The van der Waals surface area contributed by atoms with Crippen LogP contribution < -0.4 is 0 Å². The summed E-state index contributed by atoms with van der Waals surface area (Å²) in [7, 11) is 0. The van der Waals surface area contributed by atoms with E-state index in [9.17, 15) is 4.79 Å². The van der Waals surface area contributed by atoms with E-state index >= 15 is 0 Å². The van der Waals surface area contributed by atoms with Crippen molar-refractivity contribution in [2.75, 3.05) is 19.8 Å². The third-order valence-electron chi connectivity index (χ3n) is 8.71. The summed E-state index contributed by atoms with van der Waals surface area (Å²) >= 11 is 0. The van der Waals surface area contributed by atoms with Gasteiger partial charge in [-0.1, -0.05) is 26.2 Å². The van der Waals surface area contributed by atoms with E-state index in [2.05, 4.69) is 6.92 Å². The first-order chi connectivity index (χ1) is 14.1. The molecule has 4 aliphatic carbocycles. The summed E-state index contributed by atoms with van der Waals surface area (Å²) in [5.74, 6) is 5.06. The summed E-state index contributed by atoms with van der Waals surface area (Å²) in [4.78, 5) is 12.7. The molecule has 0 spiro atoms. The summed E-state index contributed by atoms with van der Waals surface area (Å²) in [5, 5.41) is 0. The van der Waals surface area contributed by atoms with Gasteiger partial charge in [0.1, 0.15) is 0 Å². The molecule has 29 heavy (non-hydrogen) atoms. The predicted molar refractivity (Wildman–Crippen MR) is 111 cm³/mol. The van der Waals surface area contributed by atoms with Crippen LogP contribution in [0.4, 0.5) is 0 Å². The van der Waals surface area contributed by atoms with Gasteiger partial charge in [0.15, 0.2) is 6.29 Å². The molecule has 1 saturated heterocycles. The van der Waals surface area contributed by atoms with Crippen LogP contribution in [0.1, 0.15) is 77.6 Å². The maximum Gasteiger partial charge on any atom is 0.308 e. The number of rotatable bonds is 4. The zero-order valence-electron chi connectivity index (χ0n) is 18.2. The first-order valence-electron chi connectivity index (χ1n) is 12.5. The van der Waals surface area contributed by atoms with Crippen LogP contribution in [0.2, 0.25) is 0 Å². The van der Waals surface area contributed by atoms with Crippen LogP contribution in [0.5, 0.6) is 0 Å². The fraction of sp³-hybridized carbons (Fsp3) is 0.960. The van der Waals surface area contributed by atoms with Gasteiger partial charge in [0.05, 0.1) is 25.7 Å². The highest BCUT2D eigenvalue weighted by Crippen LogP contribution is 2.46. The maximum atomic E-state index is 12.7. The Balaban J connectivity index is 1.04. The lowest BCUT2D eigenvalue weighted by molar-refractivity contribution is -0.238. The van der Waals surface area contributed by atoms with Gasteiger partial charge in [-0.25, -0.2) is 0 Å². The Hall–Kier alpha value is -0.610. The quantitative estimate of drug-likeness (QED) is 0.604. The molecule has 4 saturated carbocycles. The Morgan fingerprint density at radius 3 is 2.10 bits per heavy atom. The highest BCUT2D eigenvalue weighted by Gasteiger charge is 2.40. The molecule has 4 nitrogen and oxygen atoms in total. The molecule has 4 heteroatoms. The number of hydrogen-bond donors (Lipinski definition) is 0. The molecular formula is C25H40O4. The van der Waals surface area contributed by atoms with Gasteiger partial charge in [-0.05, 0) is 81.0 Å². The normalized spacial score (nSPS) is 47.4. The van der Waals surface area contributed by atoms with E-state index in [-0.39, 0.29) is 24.1 Å². The molecule has 5 rings (SSSR count). The van der Waals surface area contributed by atoms with Crippen molar-refractivity contribution in [1.29, 1.82) is 0 Å². The van der Waals surface area contributed by atoms with Crippen molar-refractivity contribution in [2.45, 2.75) is 83.8 Å². The zero-order valence-corrected chi connectivity index (χ0v) is 18.2. The number of fused-ring (bicyclic) bond motifs is 4. The number of carbonyl (C=O) groups excluding carboxylic acids is 1. The van der Waals surface area contributed by atoms with Gasteiger partial charge in [-0.15, -0.1) is 0 Å². The van der Waals surface area contributed by atoms with Gasteiger partial charge in [0, 0.05) is 11.8 Å². The molecule has 4 unspecified atom stereocenters.